The van der Waals surface area contributed by atoms with Gasteiger partial charge in [0.25, 0.3) is 0 Å². The summed E-state index contributed by atoms with van der Waals surface area (Å²) in [5, 5.41) is 26.6. The van der Waals surface area contributed by atoms with Crippen LogP contribution >= 0.6 is 0 Å². The van der Waals surface area contributed by atoms with Crippen LogP contribution in [0, 0.1) is 0 Å². The predicted octanol–water partition coefficient (Wildman–Crippen LogP) is 8.33. The fourth-order valence-corrected chi connectivity index (χ4v) is 6.28. The zero-order valence-corrected chi connectivity index (χ0v) is 21.0. The largest absolute Gasteiger partial charge is 0.508 e. The molecule has 0 spiro atoms. The van der Waals surface area contributed by atoms with Crippen LogP contribution in [-0.4, -0.2) is 22.3 Å². The minimum Gasteiger partial charge on any atom is -0.508 e. The van der Waals surface area contributed by atoms with Crippen molar-refractivity contribution < 1.29 is 19.7 Å². The summed E-state index contributed by atoms with van der Waals surface area (Å²) >= 11 is 0. The number of nitrogens with one attached hydrogen (secondary N) is 1. The van der Waals surface area contributed by atoms with E-state index in [-0.39, 0.29) is 17.4 Å². The number of methoxy groups -OCH3 is 1. The number of para-hydroxylation sites is 1. The third-order valence-electron chi connectivity index (χ3n) is 7.96. The van der Waals surface area contributed by atoms with Crippen LogP contribution in [0.2, 0.25) is 0 Å². The monoisotopic (exact) mass is 509 g/mol. The molecule has 8 rings (SSSR count). The van der Waals surface area contributed by atoms with E-state index in [1.165, 1.54) is 0 Å². The first-order valence-corrected chi connectivity index (χ1v) is 12.9. The Morgan fingerprint density at radius 3 is 1.95 bits per heavy atom. The molecular formula is C34H23NO4. The van der Waals surface area contributed by atoms with Crippen molar-refractivity contribution >= 4 is 43.4 Å². The number of phenols is 2. The van der Waals surface area contributed by atoms with Crippen molar-refractivity contribution in [1.82, 2.24) is 4.98 Å². The Kier molecular flexibility index (Phi) is 4.44. The first kappa shape index (κ1) is 21.9. The summed E-state index contributed by atoms with van der Waals surface area (Å²) < 4.78 is 12.5. The van der Waals surface area contributed by atoms with Gasteiger partial charge in [-0.2, -0.15) is 0 Å². The molecule has 0 bridgehead atoms. The average molecular weight is 510 g/mol. The normalized spacial score (nSPS) is 13.1. The molecule has 6 aromatic carbocycles. The minimum atomic E-state index is -0.197. The maximum Gasteiger partial charge on any atom is 0.143 e. The van der Waals surface area contributed by atoms with Crippen molar-refractivity contribution in [3.05, 3.63) is 114 Å². The van der Waals surface area contributed by atoms with Crippen molar-refractivity contribution in [3.63, 3.8) is 0 Å². The summed E-state index contributed by atoms with van der Waals surface area (Å²) in [7, 11) is 1.70. The summed E-state index contributed by atoms with van der Waals surface area (Å²) in [6.45, 7) is 0. The molecule has 5 heteroatoms. The SMILES string of the molecule is COc1cc(C2c3c(ccc4cc(O)ccc34)Oc3ccc4cc(O)ccc4c32)cc2c1[nH]c1ccccc12. The second kappa shape index (κ2) is 7.92. The average Bonchev–Trinajstić information content (AvgIpc) is 3.33. The van der Waals surface area contributed by atoms with Gasteiger partial charge in [-0.25, -0.2) is 0 Å². The van der Waals surface area contributed by atoms with Crippen molar-refractivity contribution in [3.8, 4) is 28.7 Å². The van der Waals surface area contributed by atoms with Crippen LogP contribution in [0.25, 0.3) is 43.4 Å². The molecule has 0 saturated heterocycles. The molecule has 0 unspecified atom stereocenters. The van der Waals surface area contributed by atoms with E-state index < -0.39 is 0 Å². The Labute approximate surface area is 223 Å². The summed E-state index contributed by atoms with van der Waals surface area (Å²) in [4.78, 5) is 3.53. The molecule has 0 saturated carbocycles. The van der Waals surface area contributed by atoms with Crippen LogP contribution in [0.1, 0.15) is 22.6 Å². The van der Waals surface area contributed by atoms with Crippen LogP contribution < -0.4 is 9.47 Å². The smallest absolute Gasteiger partial charge is 0.143 e. The van der Waals surface area contributed by atoms with Crippen molar-refractivity contribution in [2.45, 2.75) is 5.92 Å². The number of hydrogen-bond donors (Lipinski definition) is 3. The standard InChI is InChI=1S/C34H23NO4/c1-38-30-17-20(16-26-25-4-2-3-5-27(25)35-34(26)30)31-32-23-10-8-21(36)14-18(23)6-12-28(32)39-29-13-7-19-15-22(37)9-11-24(19)33(29)31/h2-17,31,35-37H,1H3. The second-order valence-corrected chi connectivity index (χ2v) is 10.1. The van der Waals surface area contributed by atoms with Gasteiger partial charge < -0.3 is 24.7 Å². The summed E-state index contributed by atoms with van der Waals surface area (Å²) in [6, 6.07) is 31.5. The topological polar surface area (TPSA) is 74.7 Å². The van der Waals surface area contributed by atoms with E-state index in [1.54, 1.807) is 31.4 Å². The Balaban J connectivity index is 1.52. The fraction of sp³-hybridized carbons (Fsp3) is 0.0588. The van der Waals surface area contributed by atoms with Gasteiger partial charge in [-0.3, -0.25) is 0 Å². The number of phenolic OH excluding ortho intramolecular Hbond substituents is 2. The minimum absolute atomic E-state index is 0.197. The maximum absolute atomic E-state index is 10.2. The van der Waals surface area contributed by atoms with E-state index >= 15 is 0 Å². The highest BCUT2D eigenvalue weighted by atomic mass is 16.5. The van der Waals surface area contributed by atoms with E-state index in [2.05, 4.69) is 29.2 Å². The number of H-pyrrole nitrogens is 1. The van der Waals surface area contributed by atoms with Gasteiger partial charge in [0.05, 0.1) is 12.6 Å². The van der Waals surface area contributed by atoms with Crippen LogP contribution in [0.4, 0.5) is 0 Å². The van der Waals surface area contributed by atoms with Gasteiger partial charge in [0.15, 0.2) is 0 Å². The zero-order chi connectivity index (χ0) is 26.2. The molecule has 5 nitrogen and oxygen atoms in total. The molecule has 39 heavy (non-hydrogen) atoms. The van der Waals surface area contributed by atoms with E-state index in [0.717, 1.165) is 77.3 Å². The Morgan fingerprint density at radius 1 is 0.667 bits per heavy atom. The highest BCUT2D eigenvalue weighted by Gasteiger charge is 2.33. The van der Waals surface area contributed by atoms with Crippen LogP contribution in [0.3, 0.4) is 0 Å². The first-order chi connectivity index (χ1) is 19.1. The summed E-state index contributed by atoms with van der Waals surface area (Å²) in [6.07, 6.45) is 0. The molecule has 0 aliphatic carbocycles. The van der Waals surface area contributed by atoms with Gasteiger partial charge in [0.2, 0.25) is 0 Å². The van der Waals surface area contributed by atoms with E-state index in [4.69, 9.17) is 9.47 Å². The number of rotatable bonds is 2. The lowest BCUT2D eigenvalue weighted by Gasteiger charge is -2.31. The van der Waals surface area contributed by atoms with Crippen LogP contribution in [0.5, 0.6) is 28.7 Å². The van der Waals surface area contributed by atoms with Crippen molar-refractivity contribution in [1.29, 1.82) is 0 Å². The molecule has 0 fully saturated rings. The number of aromatic hydroxyl groups is 2. The zero-order valence-electron chi connectivity index (χ0n) is 21.0. The first-order valence-electron chi connectivity index (χ1n) is 12.9. The van der Waals surface area contributed by atoms with Crippen molar-refractivity contribution in [2.24, 2.45) is 0 Å². The number of ether oxygens (including phenoxy) is 2. The van der Waals surface area contributed by atoms with Crippen LogP contribution in [0.15, 0.2) is 97.1 Å². The fourth-order valence-electron chi connectivity index (χ4n) is 6.28. The Hall–Kier alpha value is -5.16. The maximum atomic E-state index is 10.2. The van der Waals surface area contributed by atoms with Crippen LogP contribution in [-0.2, 0) is 0 Å². The molecule has 1 aliphatic rings. The molecule has 188 valence electrons. The third-order valence-corrected chi connectivity index (χ3v) is 7.96. The lowest BCUT2D eigenvalue weighted by Crippen LogP contribution is -2.13. The lowest BCUT2D eigenvalue weighted by molar-refractivity contribution is 0.418. The Bertz CT molecular complexity index is 2030. The summed E-state index contributed by atoms with van der Waals surface area (Å²) in [5.41, 5.74) is 5.14. The van der Waals surface area contributed by atoms with Crippen molar-refractivity contribution in [2.75, 3.05) is 7.11 Å². The van der Waals surface area contributed by atoms with Gasteiger partial charge in [0.1, 0.15) is 28.7 Å². The van der Waals surface area contributed by atoms with Gasteiger partial charge in [-0.05, 0) is 81.7 Å². The summed E-state index contributed by atoms with van der Waals surface area (Å²) in [5.74, 6) is 2.57. The van der Waals surface area contributed by atoms with E-state index in [9.17, 15) is 10.2 Å². The van der Waals surface area contributed by atoms with Gasteiger partial charge in [-0.15, -0.1) is 0 Å². The lowest BCUT2D eigenvalue weighted by atomic mass is 9.78. The number of benzene rings is 6. The third kappa shape index (κ3) is 3.13. The molecule has 0 atom stereocenters. The predicted molar refractivity (Wildman–Crippen MR) is 155 cm³/mol. The molecule has 0 amide bonds. The highest BCUT2D eigenvalue weighted by molar-refractivity contribution is 6.10. The molecule has 7 aromatic rings. The van der Waals surface area contributed by atoms with E-state index in [0.29, 0.717) is 0 Å². The molecule has 0 radical (unpaired) electrons. The van der Waals surface area contributed by atoms with Gasteiger partial charge in [-0.1, -0.05) is 42.5 Å². The van der Waals surface area contributed by atoms with Gasteiger partial charge in [0, 0.05) is 33.3 Å². The number of aromatic amines is 1. The quantitative estimate of drug-likeness (QED) is 0.219. The molecule has 1 aromatic heterocycles. The highest BCUT2D eigenvalue weighted by Crippen LogP contribution is 2.53. The molecule has 1 aliphatic heterocycles. The molecule has 3 N–H and O–H groups in total. The van der Waals surface area contributed by atoms with Gasteiger partial charge >= 0.3 is 0 Å². The second-order valence-electron chi connectivity index (χ2n) is 10.1. The molecule has 2 heterocycles. The molecular weight excluding hydrogens is 486 g/mol. The van der Waals surface area contributed by atoms with E-state index in [1.807, 2.05) is 48.5 Å². The Morgan fingerprint density at radius 2 is 1.31 bits per heavy atom. The number of aromatic nitrogens is 1. The number of hydrogen-bond acceptors (Lipinski definition) is 4. The number of fused-ring (bicyclic) bond motifs is 9.